The van der Waals surface area contributed by atoms with Gasteiger partial charge in [0, 0.05) is 6.61 Å². The highest BCUT2D eigenvalue weighted by molar-refractivity contribution is 5.69. The van der Waals surface area contributed by atoms with E-state index in [2.05, 4.69) is 11.7 Å². The molecule has 0 rings (SSSR count). The Bertz CT molecular complexity index is 540. The van der Waals surface area contributed by atoms with E-state index in [4.69, 9.17) is 42.6 Å². The molecule has 0 unspecified atom stereocenters. The first-order valence-electron chi connectivity index (χ1n) is 17.1. The molecule has 0 aromatic heterocycles. The summed E-state index contributed by atoms with van der Waals surface area (Å²) in [5.41, 5.74) is 0. The molecule has 0 atom stereocenters. The van der Waals surface area contributed by atoms with Gasteiger partial charge in [0.2, 0.25) is 0 Å². The SMILES string of the molecule is CCCCCCCCCCCCCOCCOCCOCCOCCOCCOCCOCCOCCOCCC(=O)OC. The summed E-state index contributed by atoms with van der Waals surface area (Å²) in [4.78, 5) is 10.9. The van der Waals surface area contributed by atoms with Gasteiger partial charge < -0.3 is 47.4 Å². The molecular formula is C33H66O11. The summed E-state index contributed by atoms with van der Waals surface area (Å²) in [6, 6.07) is 0. The molecule has 0 heterocycles. The average Bonchev–Trinajstić information content (AvgIpc) is 3.04. The molecule has 0 spiro atoms. The van der Waals surface area contributed by atoms with Crippen molar-refractivity contribution in [2.45, 2.75) is 84.0 Å². The minimum atomic E-state index is -0.280. The molecule has 11 heteroatoms. The second-order valence-corrected chi connectivity index (χ2v) is 10.4. The van der Waals surface area contributed by atoms with E-state index in [1.807, 2.05) is 0 Å². The third-order valence-corrected chi connectivity index (χ3v) is 6.55. The maximum Gasteiger partial charge on any atom is 0.307 e. The molecule has 0 saturated carbocycles. The van der Waals surface area contributed by atoms with E-state index < -0.39 is 0 Å². The van der Waals surface area contributed by atoms with Crippen molar-refractivity contribution in [3.8, 4) is 0 Å². The number of unbranched alkanes of at least 4 members (excludes halogenated alkanes) is 10. The van der Waals surface area contributed by atoms with Crippen LogP contribution in [-0.2, 0) is 52.2 Å². The summed E-state index contributed by atoms with van der Waals surface area (Å²) in [6.07, 6.45) is 15.1. The normalized spacial score (nSPS) is 11.4. The zero-order valence-corrected chi connectivity index (χ0v) is 28.2. The van der Waals surface area contributed by atoms with Gasteiger partial charge in [0.15, 0.2) is 0 Å². The molecule has 0 aliphatic rings. The minimum absolute atomic E-state index is 0.251. The van der Waals surface area contributed by atoms with E-state index in [1.54, 1.807) is 0 Å². The fraction of sp³-hybridized carbons (Fsp3) is 0.970. The smallest absolute Gasteiger partial charge is 0.307 e. The van der Waals surface area contributed by atoms with Gasteiger partial charge in [-0.25, -0.2) is 0 Å². The Morgan fingerprint density at radius 3 is 0.886 bits per heavy atom. The van der Waals surface area contributed by atoms with Crippen molar-refractivity contribution in [1.29, 1.82) is 0 Å². The van der Waals surface area contributed by atoms with Gasteiger partial charge in [-0.2, -0.15) is 0 Å². The molecule has 0 aliphatic carbocycles. The van der Waals surface area contributed by atoms with E-state index in [1.165, 1.54) is 71.3 Å². The van der Waals surface area contributed by atoms with Crippen molar-refractivity contribution in [3.05, 3.63) is 0 Å². The van der Waals surface area contributed by atoms with Crippen LogP contribution in [-0.4, -0.2) is 132 Å². The number of hydrogen-bond acceptors (Lipinski definition) is 11. The molecule has 0 bridgehead atoms. The zero-order valence-electron chi connectivity index (χ0n) is 28.2. The van der Waals surface area contributed by atoms with Crippen LogP contribution in [0.2, 0.25) is 0 Å². The van der Waals surface area contributed by atoms with Crippen LogP contribution in [0.3, 0.4) is 0 Å². The van der Waals surface area contributed by atoms with Crippen molar-refractivity contribution < 1.29 is 52.2 Å². The predicted octanol–water partition coefficient (Wildman–Crippen LogP) is 5.01. The van der Waals surface area contributed by atoms with Gasteiger partial charge in [-0.05, 0) is 6.42 Å². The lowest BCUT2D eigenvalue weighted by atomic mass is 10.1. The van der Waals surface area contributed by atoms with Gasteiger partial charge in [0.05, 0.1) is 126 Å². The molecule has 0 aromatic rings. The van der Waals surface area contributed by atoms with Gasteiger partial charge in [-0.15, -0.1) is 0 Å². The van der Waals surface area contributed by atoms with Gasteiger partial charge in [0.1, 0.15) is 0 Å². The number of carbonyl (C=O) groups excluding carboxylic acids is 1. The lowest BCUT2D eigenvalue weighted by Crippen LogP contribution is -2.15. The van der Waals surface area contributed by atoms with Crippen LogP contribution in [0.1, 0.15) is 84.0 Å². The van der Waals surface area contributed by atoms with Crippen LogP contribution < -0.4 is 0 Å². The highest BCUT2D eigenvalue weighted by Crippen LogP contribution is 2.11. The van der Waals surface area contributed by atoms with E-state index in [0.29, 0.717) is 112 Å². The van der Waals surface area contributed by atoms with Crippen LogP contribution in [0.5, 0.6) is 0 Å². The fourth-order valence-corrected chi connectivity index (χ4v) is 3.99. The topological polar surface area (TPSA) is 109 Å². The Kier molecular flexibility index (Phi) is 39.3. The average molecular weight is 639 g/mol. The molecule has 0 fully saturated rings. The summed E-state index contributed by atoms with van der Waals surface area (Å²) in [6.45, 7) is 11.8. The Morgan fingerprint density at radius 1 is 0.341 bits per heavy atom. The molecule has 0 N–H and O–H groups in total. The van der Waals surface area contributed by atoms with Crippen LogP contribution in [0.4, 0.5) is 0 Å². The Labute approximate surface area is 268 Å². The summed E-state index contributed by atoms with van der Waals surface area (Å²) < 4.78 is 53.7. The second kappa shape index (κ2) is 40.1. The molecule has 0 amide bonds. The standard InChI is InChI=1S/C33H66O11/c1-3-4-5-6-7-8-9-10-11-12-13-15-36-17-19-38-21-23-40-25-27-42-29-31-44-32-30-43-28-26-41-24-22-39-20-18-37-16-14-33(34)35-2/h3-32H2,1-2H3. The Morgan fingerprint density at radius 2 is 0.591 bits per heavy atom. The summed E-state index contributed by atoms with van der Waals surface area (Å²) >= 11 is 0. The van der Waals surface area contributed by atoms with E-state index in [9.17, 15) is 4.79 Å². The number of methoxy groups -OCH3 is 1. The minimum Gasteiger partial charge on any atom is -0.469 e. The highest BCUT2D eigenvalue weighted by Gasteiger charge is 1.99. The fourth-order valence-electron chi connectivity index (χ4n) is 3.99. The molecule has 264 valence electrons. The van der Waals surface area contributed by atoms with Crippen molar-refractivity contribution in [1.82, 2.24) is 0 Å². The number of esters is 1. The van der Waals surface area contributed by atoms with Gasteiger partial charge >= 0.3 is 5.97 Å². The summed E-state index contributed by atoms with van der Waals surface area (Å²) in [5, 5.41) is 0. The van der Waals surface area contributed by atoms with Crippen LogP contribution in [0.15, 0.2) is 0 Å². The van der Waals surface area contributed by atoms with E-state index in [0.717, 1.165) is 13.0 Å². The highest BCUT2D eigenvalue weighted by atomic mass is 16.6. The van der Waals surface area contributed by atoms with E-state index >= 15 is 0 Å². The van der Waals surface area contributed by atoms with Crippen molar-refractivity contribution in [3.63, 3.8) is 0 Å². The first-order valence-corrected chi connectivity index (χ1v) is 17.1. The largest absolute Gasteiger partial charge is 0.469 e. The number of carbonyl (C=O) groups is 1. The molecule has 0 aromatic carbocycles. The molecule has 44 heavy (non-hydrogen) atoms. The van der Waals surface area contributed by atoms with E-state index in [-0.39, 0.29) is 12.4 Å². The zero-order chi connectivity index (χ0) is 31.9. The number of rotatable bonds is 39. The first kappa shape index (κ1) is 43.1. The molecule has 0 saturated heterocycles. The maximum atomic E-state index is 10.9. The summed E-state index contributed by atoms with van der Waals surface area (Å²) in [7, 11) is 1.36. The molecule has 0 radical (unpaired) electrons. The molecular weight excluding hydrogens is 572 g/mol. The Balaban J connectivity index is 3.04. The molecule has 11 nitrogen and oxygen atoms in total. The number of ether oxygens (including phenoxy) is 10. The lowest BCUT2D eigenvalue weighted by Gasteiger charge is -2.09. The maximum absolute atomic E-state index is 10.9. The molecule has 0 aliphatic heterocycles. The van der Waals surface area contributed by atoms with Gasteiger partial charge in [-0.3, -0.25) is 4.79 Å². The van der Waals surface area contributed by atoms with Crippen LogP contribution >= 0.6 is 0 Å². The lowest BCUT2D eigenvalue weighted by molar-refractivity contribution is -0.141. The Hall–Kier alpha value is -0.890. The monoisotopic (exact) mass is 638 g/mol. The quantitative estimate of drug-likeness (QED) is 0.0670. The van der Waals surface area contributed by atoms with Crippen molar-refractivity contribution in [2.24, 2.45) is 0 Å². The van der Waals surface area contributed by atoms with Gasteiger partial charge in [-0.1, -0.05) is 71.1 Å². The second-order valence-electron chi connectivity index (χ2n) is 10.4. The number of hydrogen-bond donors (Lipinski definition) is 0. The van der Waals surface area contributed by atoms with Crippen LogP contribution in [0.25, 0.3) is 0 Å². The third kappa shape index (κ3) is 39.1. The summed E-state index contributed by atoms with van der Waals surface area (Å²) in [5.74, 6) is -0.280. The first-order chi connectivity index (χ1) is 21.8. The van der Waals surface area contributed by atoms with Gasteiger partial charge in [0.25, 0.3) is 0 Å². The van der Waals surface area contributed by atoms with Crippen molar-refractivity contribution >= 4 is 5.97 Å². The van der Waals surface area contributed by atoms with Crippen molar-refractivity contribution in [2.75, 3.05) is 126 Å². The van der Waals surface area contributed by atoms with Crippen LogP contribution in [0, 0.1) is 0 Å². The third-order valence-electron chi connectivity index (χ3n) is 6.55. The predicted molar refractivity (Wildman–Crippen MR) is 170 cm³/mol.